The van der Waals surface area contributed by atoms with Crippen LogP contribution in [0.2, 0.25) is 15.1 Å². The van der Waals surface area contributed by atoms with Gasteiger partial charge in [0.2, 0.25) is 0 Å². The van der Waals surface area contributed by atoms with Crippen molar-refractivity contribution in [2.75, 3.05) is 0 Å². The van der Waals surface area contributed by atoms with Crippen molar-refractivity contribution < 1.29 is 9.94 Å². The molecule has 6 nitrogen and oxygen atoms in total. The van der Waals surface area contributed by atoms with Crippen LogP contribution in [0.5, 0.6) is 5.75 Å². The fourth-order valence-corrected chi connectivity index (χ4v) is 3.96. The fraction of sp³-hybridized carbons (Fsp3) is 0.471. The molecule has 26 heavy (non-hydrogen) atoms. The molecule has 2 heterocycles. The van der Waals surface area contributed by atoms with Crippen LogP contribution in [0, 0.1) is 5.41 Å². The van der Waals surface area contributed by atoms with Crippen molar-refractivity contribution in [3.63, 3.8) is 0 Å². The van der Waals surface area contributed by atoms with E-state index in [1.54, 1.807) is 17.1 Å². The SMILES string of the molecule is CC(C)(C)C(=NO)C(CC1Cc2c(Cl)c(Cl)cc(Cl)c2O1)n1cncn1. The van der Waals surface area contributed by atoms with Crippen molar-refractivity contribution in [2.24, 2.45) is 10.6 Å². The first-order chi connectivity index (χ1) is 12.2. The lowest BCUT2D eigenvalue weighted by Crippen LogP contribution is -2.34. The average Bonchev–Trinajstić information content (AvgIpc) is 3.21. The zero-order valence-electron chi connectivity index (χ0n) is 14.6. The summed E-state index contributed by atoms with van der Waals surface area (Å²) < 4.78 is 7.71. The molecule has 9 heteroatoms. The second-order valence-corrected chi connectivity index (χ2v) is 8.46. The lowest BCUT2D eigenvalue weighted by atomic mass is 9.83. The van der Waals surface area contributed by atoms with E-state index in [9.17, 15) is 5.21 Å². The van der Waals surface area contributed by atoms with Crippen LogP contribution in [0.15, 0.2) is 23.9 Å². The van der Waals surface area contributed by atoms with E-state index in [0.717, 1.165) is 5.56 Å². The van der Waals surface area contributed by atoms with Gasteiger partial charge in [0.15, 0.2) is 0 Å². The van der Waals surface area contributed by atoms with Crippen LogP contribution in [0.3, 0.4) is 0 Å². The highest BCUT2D eigenvalue weighted by molar-refractivity contribution is 6.44. The molecule has 1 N–H and O–H groups in total. The van der Waals surface area contributed by atoms with Gasteiger partial charge in [0.25, 0.3) is 0 Å². The van der Waals surface area contributed by atoms with Gasteiger partial charge < -0.3 is 9.94 Å². The Bertz CT molecular complexity index is 832. The standard InChI is InChI=1S/C17H19Cl3N4O2/c1-17(2,3)16(23-25)13(24-8-21-7-22-24)5-9-4-10-14(20)11(18)6-12(19)15(10)26-9/h6-9,13,25H,4-5H2,1-3H3. The minimum atomic E-state index is -0.366. The van der Waals surface area contributed by atoms with E-state index in [4.69, 9.17) is 39.5 Å². The zero-order valence-corrected chi connectivity index (χ0v) is 16.8. The van der Waals surface area contributed by atoms with Gasteiger partial charge in [0.1, 0.15) is 24.5 Å². The highest BCUT2D eigenvalue weighted by Crippen LogP contribution is 2.45. The van der Waals surface area contributed by atoms with E-state index >= 15 is 0 Å². The quantitative estimate of drug-likeness (QED) is 0.327. The van der Waals surface area contributed by atoms with Crippen molar-refractivity contribution in [2.45, 2.75) is 45.8 Å². The predicted octanol–water partition coefficient (Wildman–Crippen LogP) is 5.05. The molecule has 1 aromatic heterocycles. The zero-order chi connectivity index (χ0) is 19.1. The maximum Gasteiger partial charge on any atom is 0.143 e. The largest absolute Gasteiger partial charge is 0.488 e. The summed E-state index contributed by atoms with van der Waals surface area (Å²) in [5.41, 5.74) is 1.01. The molecule has 3 rings (SSSR count). The molecule has 0 saturated carbocycles. The number of benzene rings is 1. The summed E-state index contributed by atoms with van der Waals surface area (Å²) in [4.78, 5) is 4.01. The summed E-state index contributed by atoms with van der Waals surface area (Å²) in [6, 6.07) is 1.26. The monoisotopic (exact) mass is 416 g/mol. The van der Waals surface area contributed by atoms with Crippen LogP contribution < -0.4 is 4.74 Å². The molecule has 0 aliphatic carbocycles. The number of rotatable bonds is 4. The van der Waals surface area contributed by atoms with Crippen LogP contribution in [-0.2, 0) is 6.42 Å². The average molecular weight is 418 g/mol. The molecule has 0 fully saturated rings. The number of hydrogen-bond donors (Lipinski definition) is 1. The van der Waals surface area contributed by atoms with Crippen molar-refractivity contribution in [3.8, 4) is 5.75 Å². The molecule has 2 aromatic rings. The third-order valence-electron chi connectivity index (χ3n) is 4.37. The Morgan fingerprint density at radius 1 is 1.38 bits per heavy atom. The molecule has 1 aliphatic rings. The van der Waals surface area contributed by atoms with Crippen LogP contribution in [0.25, 0.3) is 0 Å². The molecular weight excluding hydrogens is 399 g/mol. The van der Waals surface area contributed by atoms with E-state index < -0.39 is 0 Å². The Morgan fingerprint density at radius 3 is 2.69 bits per heavy atom. The van der Waals surface area contributed by atoms with Gasteiger partial charge >= 0.3 is 0 Å². The Labute approximate surface area is 166 Å². The number of halogens is 3. The summed E-state index contributed by atoms with van der Waals surface area (Å²) in [5, 5.41) is 18.7. The summed E-state index contributed by atoms with van der Waals surface area (Å²) in [5.74, 6) is 0.557. The minimum Gasteiger partial charge on any atom is -0.488 e. The van der Waals surface area contributed by atoms with E-state index in [2.05, 4.69) is 15.2 Å². The maximum absolute atomic E-state index is 9.63. The van der Waals surface area contributed by atoms with Gasteiger partial charge in [-0.2, -0.15) is 5.10 Å². The lowest BCUT2D eigenvalue weighted by Gasteiger charge is -2.29. The highest BCUT2D eigenvalue weighted by Gasteiger charge is 2.36. The van der Waals surface area contributed by atoms with E-state index in [-0.39, 0.29) is 17.6 Å². The van der Waals surface area contributed by atoms with Gasteiger partial charge in [-0.3, -0.25) is 0 Å². The molecule has 2 atom stereocenters. The predicted molar refractivity (Wildman–Crippen MR) is 102 cm³/mol. The van der Waals surface area contributed by atoms with Crippen molar-refractivity contribution >= 4 is 40.5 Å². The molecule has 0 amide bonds. The number of hydrogen-bond acceptors (Lipinski definition) is 5. The number of aromatic nitrogens is 3. The Balaban J connectivity index is 1.90. The Hall–Kier alpha value is -1.50. The minimum absolute atomic E-state index is 0.216. The Kier molecular flexibility index (Phi) is 5.37. The topological polar surface area (TPSA) is 72.5 Å². The summed E-state index contributed by atoms with van der Waals surface area (Å²) >= 11 is 18.7. The molecule has 1 aliphatic heterocycles. The molecule has 140 valence electrons. The van der Waals surface area contributed by atoms with Crippen molar-refractivity contribution in [1.29, 1.82) is 0 Å². The molecule has 0 bridgehead atoms. The van der Waals surface area contributed by atoms with Crippen molar-refractivity contribution in [3.05, 3.63) is 39.4 Å². The van der Waals surface area contributed by atoms with E-state index in [0.29, 0.717) is 39.4 Å². The molecule has 1 aromatic carbocycles. The first-order valence-corrected chi connectivity index (χ1v) is 9.25. The van der Waals surface area contributed by atoms with E-state index in [1.807, 2.05) is 20.8 Å². The van der Waals surface area contributed by atoms with E-state index in [1.165, 1.54) is 6.33 Å². The highest BCUT2D eigenvalue weighted by atomic mass is 35.5. The van der Waals surface area contributed by atoms with Gasteiger partial charge in [0.05, 0.1) is 26.8 Å². The van der Waals surface area contributed by atoms with Crippen LogP contribution in [0.1, 0.15) is 38.8 Å². The fourth-order valence-electron chi connectivity index (χ4n) is 3.19. The van der Waals surface area contributed by atoms with Gasteiger partial charge in [-0.15, -0.1) is 0 Å². The normalized spacial score (nSPS) is 18.5. The molecule has 0 spiro atoms. The molecule has 0 radical (unpaired) electrons. The Morgan fingerprint density at radius 2 is 2.12 bits per heavy atom. The van der Waals surface area contributed by atoms with Gasteiger partial charge in [-0.1, -0.05) is 60.7 Å². The first kappa shape index (κ1) is 19.3. The third kappa shape index (κ3) is 3.63. The van der Waals surface area contributed by atoms with Gasteiger partial charge in [-0.05, 0) is 6.07 Å². The smallest absolute Gasteiger partial charge is 0.143 e. The third-order valence-corrected chi connectivity index (χ3v) is 5.48. The lowest BCUT2D eigenvalue weighted by molar-refractivity contribution is 0.201. The number of oxime groups is 1. The molecular formula is C17H19Cl3N4O2. The molecule has 0 saturated heterocycles. The van der Waals surface area contributed by atoms with Crippen LogP contribution in [0.4, 0.5) is 0 Å². The van der Waals surface area contributed by atoms with Crippen molar-refractivity contribution in [1.82, 2.24) is 14.8 Å². The van der Waals surface area contributed by atoms with Gasteiger partial charge in [-0.25, -0.2) is 9.67 Å². The van der Waals surface area contributed by atoms with Crippen LogP contribution >= 0.6 is 34.8 Å². The number of ether oxygens (including phenoxy) is 1. The number of fused-ring (bicyclic) bond motifs is 1. The summed E-state index contributed by atoms with van der Waals surface area (Å²) in [6.07, 6.45) is 3.90. The molecule has 2 unspecified atom stereocenters. The first-order valence-electron chi connectivity index (χ1n) is 8.12. The second kappa shape index (κ2) is 7.25. The second-order valence-electron chi connectivity index (χ2n) is 7.27. The maximum atomic E-state index is 9.63. The summed E-state index contributed by atoms with van der Waals surface area (Å²) in [6.45, 7) is 5.93. The number of nitrogens with zero attached hydrogens (tertiary/aromatic N) is 4. The summed E-state index contributed by atoms with van der Waals surface area (Å²) in [7, 11) is 0. The van der Waals surface area contributed by atoms with Gasteiger partial charge in [0, 0.05) is 23.8 Å². The van der Waals surface area contributed by atoms with Crippen LogP contribution in [-0.4, -0.2) is 31.8 Å².